The van der Waals surface area contributed by atoms with E-state index in [1.54, 1.807) is 18.2 Å². The highest BCUT2D eigenvalue weighted by Crippen LogP contribution is 2.34. The summed E-state index contributed by atoms with van der Waals surface area (Å²) < 4.78 is 0. The highest BCUT2D eigenvalue weighted by Gasteiger charge is 2.17. The Morgan fingerprint density at radius 2 is 1.95 bits per heavy atom. The molecule has 5 nitrogen and oxygen atoms in total. The van der Waals surface area contributed by atoms with Crippen LogP contribution in [0.2, 0.25) is 0 Å². The maximum Gasteiger partial charge on any atom is 0.257 e. The van der Waals surface area contributed by atoms with Crippen LogP contribution in [0, 0.1) is 19.1 Å². The third-order valence-corrected chi connectivity index (χ3v) is 3.24. The number of aromatic nitrogens is 3. The molecule has 0 bridgehead atoms. The Hall–Kier alpha value is -2.56. The van der Waals surface area contributed by atoms with Crippen molar-refractivity contribution in [2.45, 2.75) is 13.8 Å². The summed E-state index contributed by atoms with van der Waals surface area (Å²) in [5.74, 6) is -0.0679. The average molecular weight is 254 g/mol. The number of nitrogens with zero attached hydrogens (tertiary/aromatic N) is 2. The standard InChI is InChI=1S/C14H13N3O2/c1-8-3-6-12(18)10(7-8)13-9(2)4-5-11-14(13)15-16-17(11)19/h3-7,16,18H,1-2H3/p-1. The molecule has 0 atom stereocenters. The van der Waals surface area contributed by atoms with Gasteiger partial charge in [0.25, 0.3) is 5.52 Å². The largest absolute Gasteiger partial charge is 0.872 e. The fourth-order valence-electron chi connectivity index (χ4n) is 2.29. The van der Waals surface area contributed by atoms with Crippen LogP contribution in [0.25, 0.3) is 22.2 Å². The predicted octanol–water partition coefficient (Wildman–Crippen LogP) is 1.55. The summed E-state index contributed by atoms with van der Waals surface area (Å²) in [6.07, 6.45) is 0. The maximum atomic E-state index is 12.1. The number of H-pyrrole nitrogens is 1. The summed E-state index contributed by atoms with van der Waals surface area (Å²) in [7, 11) is 0. The van der Waals surface area contributed by atoms with E-state index in [0.717, 1.165) is 16.7 Å². The fourth-order valence-corrected chi connectivity index (χ4v) is 2.29. The Bertz CT molecular complexity index is 778. The minimum atomic E-state index is -0.0679. The van der Waals surface area contributed by atoms with E-state index < -0.39 is 0 Å². The topological polar surface area (TPSA) is 78.7 Å². The average Bonchev–Trinajstić information content (AvgIpc) is 2.75. The Balaban J connectivity index is 2.41. The molecule has 3 rings (SSSR count). The summed E-state index contributed by atoms with van der Waals surface area (Å²) in [5, 5.41) is 30.0. The highest BCUT2D eigenvalue weighted by molar-refractivity contribution is 5.93. The van der Waals surface area contributed by atoms with Crippen LogP contribution in [-0.2, 0) is 0 Å². The third kappa shape index (κ3) is 1.71. The lowest BCUT2D eigenvalue weighted by atomic mass is 9.97. The number of benzene rings is 2. The van der Waals surface area contributed by atoms with Crippen LogP contribution < -0.4 is 9.95 Å². The summed E-state index contributed by atoms with van der Waals surface area (Å²) in [4.78, 5) is 0.596. The van der Waals surface area contributed by atoms with E-state index in [9.17, 15) is 10.3 Å². The van der Waals surface area contributed by atoms with Gasteiger partial charge >= 0.3 is 0 Å². The van der Waals surface area contributed by atoms with Crippen LogP contribution in [0.15, 0.2) is 30.3 Å². The molecular weight excluding hydrogens is 242 g/mol. The molecule has 2 aromatic carbocycles. The minimum Gasteiger partial charge on any atom is -0.872 e. The molecule has 0 spiro atoms. The summed E-state index contributed by atoms with van der Waals surface area (Å²) in [5.41, 5.74) is 4.17. The van der Waals surface area contributed by atoms with Crippen molar-refractivity contribution in [3.63, 3.8) is 0 Å². The molecule has 5 heteroatoms. The van der Waals surface area contributed by atoms with Crippen LogP contribution in [0.4, 0.5) is 0 Å². The van der Waals surface area contributed by atoms with Crippen molar-refractivity contribution in [3.8, 4) is 16.9 Å². The molecule has 96 valence electrons. The van der Waals surface area contributed by atoms with Crippen molar-refractivity contribution in [2.24, 2.45) is 0 Å². The summed E-state index contributed by atoms with van der Waals surface area (Å²) in [6, 6.07) is 8.67. The Labute approximate surface area is 109 Å². The summed E-state index contributed by atoms with van der Waals surface area (Å²) in [6.45, 7) is 3.83. The third-order valence-electron chi connectivity index (χ3n) is 3.24. The van der Waals surface area contributed by atoms with Crippen molar-refractivity contribution < 1.29 is 9.95 Å². The Morgan fingerprint density at radius 1 is 1.16 bits per heavy atom. The number of hydrogen-bond donors (Lipinski definition) is 1. The van der Waals surface area contributed by atoms with Gasteiger partial charge in [0.2, 0.25) is 5.52 Å². The molecule has 0 unspecified atom stereocenters. The van der Waals surface area contributed by atoms with Crippen LogP contribution in [0.1, 0.15) is 11.1 Å². The molecule has 1 heterocycles. The molecule has 0 fully saturated rings. The van der Waals surface area contributed by atoms with Gasteiger partial charge in [0.1, 0.15) is 0 Å². The fraction of sp³-hybridized carbons (Fsp3) is 0.143. The molecule has 1 aromatic heterocycles. The van der Waals surface area contributed by atoms with E-state index in [2.05, 4.69) is 10.3 Å². The molecule has 0 aliphatic heterocycles. The second-order valence-electron chi connectivity index (χ2n) is 4.63. The van der Waals surface area contributed by atoms with Crippen molar-refractivity contribution in [2.75, 3.05) is 0 Å². The predicted molar refractivity (Wildman–Crippen MR) is 69.4 cm³/mol. The molecule has 0 aliphatic carbocycles. The quantitative estimate of drug-likeness (QED) is 0.528. The Morgan fingerprint density at radius 3 is 2.74 bits per heavy atom. The summed E-state index contributed by atoms with van der Waals surface area (Å²) >= 11 is 0. The number of aromatic amines is 1. The number of rotatable bonds is 1. The van der Waals surface area contributed by atoms with Crippen molar-refractivity contribution >= 4 is 11.0 Å². The normalized spacial score (nSPS) is 11.1. The second kappa shape index (κ2) is 3.98. The second-order valence-corrected chi connectivity index (χ2v) is 4.63. The van der Waals surface area contributed by atoms with Crippen LogP contribution in [0.5, 0.6) is 5.75 Å². The number of fused-ring (bicyclic) bond motifs is 1. The zero-order valence-electron chi connectivity index (χ0n) is 10.6. The van der Waals surface area contributed by atoms with E-state index in [4.69, 9.17) is 0 Å². The number of hydrogen-bond acceptors (Lipinski definition) is 3. The van der Waals surface area contributed by atoms with Gasteiger partial charge in [-0.25, -0.2) is 0 Å². The van der Waals surface area contributed by atoms with Gasteiger partial charge in [0, 0.05) is 10.7 Å². The van der Waals surface area contributed by atoms with E-state index in [-0.39, 0.29) is 5.75 Å². The first-order chi connectivity index (χ1) is 9.08. The van der Waals surface area contributed by atoms with E-state index in [0.29, 0.717) is 21.4 Å². The smallest absolute Gasteiger partial charge is 0.257 e. The molecular formula is C14H12N3O2-. The van der Waals surface area contributed by atoms with Crippen molar-refractivity contribution in [3.05, 3.63) is 46.7 Å². The molecule has 0 saturated carbocycles. The number of nitrogens with one attached hydrogen (secondary N) is 1. The molecule has 3 aromatic rings. The van der Waals surface area contributed by atoms with Crippen LogP contribution >= 0.6 is 0 Å². The number of aryl methyl sites for hydroxylation is 2. The first kappa shape index (κ1) is 11.5. The molecule has 0 aliphatic rings. The maximum absolute atomic E-state index is 12.1. The first-order valence-electron chi connectivity index (χ1n) is 5.93. The van der Waals surface area contributed by atoms with Gasteiger partial charge < -0.3 is 10.3 Å². The van der Waals surface area contributed by atoms with Gasteiger partial charge in [0.15, 0.2) is 0 Å². The van der Waals surface area contributed by atoms with Gasteiger partial charge in [-0.3, -0.25) is 0 Å². The first-order valence-corrected chi connectivity index (χ1v) is 5.93. The SMILES string of the molecule is Cc1ccc([O-])c(-c2c(C)ccc3c2n[nH][n+]3[O-])c1. The minimum absolute atomic E-state index is 0.0679. The van der Waals surface area contributed by atoms with Gasteiger partial charge in [-0.2, -0.15) is 4.85 Å². The zero-order chi connectivity index (χ0) is 13.6. The van der Waals surface area contributed by atoms with Crippen molar-refractivity contribution in [1.82, 2.24) is 10.3 Å². The molecule has 0 saturated heterocycles. The monoisotopic (exact) mass is 254 g/mol. The van der Waals surface area contributed by atoms with Gasteiger partial charge in [-0.05, 0) is 31.0 Å². The lowest BCUT2D eigenvalue weighted by Gasteiger charge is -2.15. The van der Waals surface area contributed by atoms with Crippen LogP contribution in [-0.4, -0.2) is 10.3 Å². The molecule has 0 radical (unpaired) electrons. The lowest BCUT2D eigenvalue weighted by Crippen LogP contribution is -2.27. The van der Waals surface area contributed by atoms with E-state index >= 15 is 0 Å². The molecule has 19 heavy (non-hydrogen) atoms. The van der Waals surface area contributed by atoms with E-state index in [1.807, 2.05) is 26.0 Å². The van der Waals surface area contributed by atoms with E-state index in [1.165, 1.54) is 0 Å². The van der Waals surface area contributed by atoms with Gasteiger partial charge in [0.05, 0.1) is 0 Å². The molecule has 1 N–H and O–H groups in total. The zero-order valence-corrected chi connectivity index (χ0v) is 10.6. The lowest BCUT2D eigenvalue weighted by molar-refractivity contribution is -0.644. The Kier molecular flexibility index (Phi) is 2.41. The van der Waals surface area contributed by atoms with Gasteiger partial charge in [-0.1, -0.05) is 35.0 Å². The molecule has 0 amide bonds. The van der Waals surface area contributed by atoms with Crippen LogP contribution in [0.3, 0.4) is 0 Å². The van der Waals surface area contributed by atoms with Crippen molar-refractivity contribution in [1.29, 1.82) is 0 Å². The highest BCUT2D eigenvalue weighted by atomic mass is 16.5. The van der Waals surface area contributed by atoms with Gasteiger partial charge in [-0.15, -0.1) is 5.75 Å².